The van der Waals surface area contributed by atoms with Gasteiger partial charge in [0, 0.05) is 37.4 Å². The average molecular weight is 476 g/mol. The lowest BCUT2D eigenvalue weighted by Crippen LogP contribution is -2.30. The van der Waals surface area contributed by atoms with Gasteiger partial charge in [-0.2, -0.15) is 4.31 Å². The Kier molecular flexibility index (Phi) is 7.63. The normalized spacial score (nSPS) is 12.1. The molecule has 2 aromatic carbocycles. The van der Waals surface area contributed by atoms with Crippen LogP contribution in [0.2, 0.25) is 0 Å². The van der Waals surface area contributed by atoms with Gasteiger partial charge in [0.15, 0.2) is 5.16 Å². The third kappa shape index (κ3) is 5.00. The number of hydrogen-bond acceptors (Lipinski definition) is 6. The summed E-state index contributed by atoms with van der Waals surface area (Å²) in [5.74, 6) is 0.732. The Labute approximate surface area is 193 Å². The smallest absolute Gasteiger partial charge is 0.308 e. The first kappa shape index (κ1) is 24.3. The maximum Gasteiger partial charge on any atom is 0.308 e. The minimum atomic E-state index is -3.56. The number of nitrogens with zero attached hydrogens (tertiary/aromatic N) is 3. The van der Waals surface area contributed by atoms with Gasteiger partial charge in [-0.25, -0.2) is 13.4 Å². The highest BCUT2D eigenvalue weighted by Crippen LogP contribution is 2.33. The molecule has 0 amide bonds. The lowest BCUT2D eigenvalue weighted by molar-refractivity contribution is -0.131. The number of ether oxygens (including phenoxy) is 1. The van der Waals surface area contributed by atoms with Gasteiger partial charge in [-0.3, -0.25) is 4.79 Å². The van der Waals surface area contributed by atoms with E-state index in [0.29, 0.717) is 30.1 Å². The van der Waals surface area contributed by atoms with E-state index in [1.54, 1.807) is 18.2 Å². The van der Waals surface area contributed by atoms with Crippen LogP contribution < -0.4 is 4.74 Å². The molecule has 3 rings (SSSR count). The SMILES string of the molecule is CCN(CC)S(=O)(=O)c1ccc2c(c1)nc(SCc1ccccc1OC(C)=O)n2C(C)C. The molecule has 0 saturated carbocycles. The molecular formula is C23H29N3O4S2. The van der Waals surface area contributed by atoms with Gasteiger partial charge in [0.05, 0.1) is 15.9 Å². The number of benzene rings is 2. The molecule has 0 N–H and O–H groups in total. The molecule has 0 fully saturated rings. The Hall–Kier alpha value is -2.36. The van der Waals surface area contributed by atoms with Crippen LogP contribution in [0.15, 0.2) is 52.5 Å². The summed E-state index contributed by atoms with van der Waals surface area (Å²) in [6.45, 7) is 10.0. The van der Waals surface area contributed by atoms with Crippen LogP contribution in [0.1, 0.15) is 46.2 Å². The van der Waals surface area contributed by atoms with Crippen molar-refractivity contribution in [2.75, 3.05) is 13.1 Å². The van der Waals surface area contributed by atoms with Crippen LogP contribution in [0.5, 0.6) is 5.75 Å². The van der Waals surface area contributed by atoms with Crippen molar-refractivity contribution in [3.05, 3.63) is 48.0 Å². The van der Waals surface area contributed by atoms with E-state index < -0.39 is 10.0 Å². The molecule has 9 heteroatoms. The molecule has 0 radical (unpaired) electrons. The van der Waals surface area contributed by atoms with Crippen LogP contribution in [-0.4, -0.2) is 41.3 Å². The number of para-hydroxylation sites is 1. The van der Waals surface area contributed by atoms with Crippen molar-refractivity contribution in [1.29, 1.82) is 0 Å². The Morgan fingerprint density at radius 3 is 2.47 bits per heavy atom. The summed E-state index contributed by atoms with van der Waals surface area (Å²) in [5.41, 5.74) is 2.41. The molecule has 0 aliphatic rings. The van der Waals surface area contributed by atoms with Crippen molar-refractivity contribution in [2.24, 2.45) is 0 Å². The van der Waals surface area contributed by atoms with Crippen molar-refractivity contribution < 1.29 is 17.9 Å². The zero-order valence-corrected chi connectivity index (χ0v) is 20.7. The topological polar surface area (TPSA) is 81.5 Å². The van der Waals surface area contributed by atoms with E-state index in [1.807, 2.05) is 38.1 Å². The van der Waals surface area contributed by atoms with E-state index in [0.717, 1.165) is 16.2 Å². The summed E-state index contributed by atoms with van der Waals surface area (Å²) in [7, 11) is -3.56. The fraction of sp³-hybridized carbons (Fsp3) is 0.391. The number of sulfonamides is 1. The van der Waals surface area contributed by atoms with Crippen molar-refractivity contribution in [2.45, 2.75) is 56.5 Å². The quantitative estimate of drug-likeness (QED) is 0.250. The molecule has 0 spiro atoms. The number of rotatable bonds is 9. The molecule has 3 aromatic rings. The summed E-state index contributed by atoms with van der Waals surface area (Å²) < 4.78 is 34.7. The van der Waals surface area contributed by atoms with E-state index in [9.17, 15) is 13.2 Å². The van der Waals surface area contributed by atoms with Gasteiger partial charge in [-0.15, -0.1) is 0 Å². The summed E-state index contributed by atoms with van der Waals surface area (Å²) in [4.78, 5) is 16.4. The summed E-state index contributed by atoms with van der Waals surface area (Å²) in [5, 5.41) is 0.782. The zero-order chi connectivity index (χ0) is 23.5. The van der Waals surface area contributed by atoms with Crippen molar-refractivity contribution >= 4 is 38.8 Å². The molecule has 0 aliphatic carbocycles. The van der Waals surface area contributed by atoms with E-state index in [-0.39, 0.29) is 16.9 Å². The first-order valence-corrected chi connectivity index (χ1v) is 13.0. The third-order valence-electron chi connectivity index (χ3n) is 5.07. The molecular weight excluding hydrogens is 446 g/mol. The van der Waals surface area contributed by atoms with Gasteiger partial charge < -0.3 is 9.30 Å². The lowest BCUT2D eigenvalue weighted by Gasteiger charge is -2.18. The molecule has 0 aliphatic heterocycles. The number of thioether (sulfide) groups is 1. The van der Waals surface area contributed by atoms with E-state index in [2.05, 4.69) is 18.4 Å². The second-order valence-corrected chi connectivity index (χ2v) is 10.5. The molecule has 1 heterocycles. The van der Waals surface area contributed by atoms with Crippen LogP contribution >= 0.6 is 11.8 Å². The monoisotopic (exact) mass is 475 g/mol. The molecule has 172 valence electrons. The predicted octanol–water partition coefficient (Wildman–Crippen LogP) is 4.87. The second-order valence-electron chi connectivity index (χ2n) is 7.59. The molecule has 0 atom stereocenters. The van der Waals surface area contributed by atoms with Gasteiger partial charge >= 0.3 is 5.97 Å². The highest BCUT2D eigenvalue weighted by atomic mass is 32.2. The van der Waals surface area contributed by atoms with Gasteiger partial charge in [-0.05, 0) is 38.1 Å². The number of imidazole rings is 1. The minimum Gasteiger partial charge on any atom is -0.426 e. The minimum absolute atomic E-state index is 0.136. The number of carbonyl (C=O) groups is 1. The molecule has 0 saturated heterocycles. The Morgan fingerprint density at radius 2 is 1.84 bits per heavy atom. The van der Waals surface area contributed by atoms with Gasteiger partial charge in [0.1, 0.15) is 5.75 Å². The van der Waals surface area contributed by atoms with Gasteiger partial charge in [0.2, 0.25) is 10.0 Å². The van der Waals surface area contributed by atoms with Crippen LogP contribution in [-0.2, 0) is 20.6 Å². The van der Waals surface area contributed by atoms with E-state index in [1.165, 1.54) is 23.0 Å². The first-order chi connectivity index (χ1) is 15.2. The fourth-order valence-electron chi connectivity index (χ4n) is 3.55. The van der Waals surface area contributed by atoms with Crippen molar-refractivity contribution in [3.63, 3.8) is 0 Å². The lowest BCUT2D eigenvalue weighted by atomic mass is 10.2. The van der Waals surface area contributed by atoms with E-state index in [4.69, 9.17) is 9.72 Å². The summed E-state index contributed by atoms with van der Waals surface area (Å²) in [6, 6.07) is 12.7. The van der Waals surface area contributed by atoms with Crippen molar-refractivity contribution in [1.82, 2.24) is 13.9 Å². The third-order valence-corrected chi connectivity index (χ3v) is 8.12. The van der Waals surface area contributed by atoms with Crippen LogP contribution in [0, 0.1) is 0 Å². The summed E-state index contributed by atoms with van der Waals surface area (Å²) >= 11 is 1.52. The van der Waals surface area contributed by atoms with Gasteiger partial charge in [-0.1, -0.05) is 43.8 Å². The predicted molar refractivity (Wildman–Crippen MR) is 128 cm³/mol. The zero-order valence-electron chi connectivity index (χ0n) is 19.0. The highest BCUT2D eigenvalue weighted by Gasteiger charge is 2.23. The average Bonchev–Trinajstić information content (AvgIpc) is 3.11. The highest BCUT2D eigenvalue weighted by molar-refractivity contribution is 7.98. The number of fused-ring (bicyclic) bond motifs is 1. The number of aromatic nitrogens is 2. The Bertz CT molecular complexity index is 1220. The number of carbonyl (C=O) groups excluding carboxylic acids is 1. The standard InChI is InChI=1S/C23H29N3O4S2/c1-6-25(7-2)32(28,29)19-12-13-21-20(14-19)24-23(26(21)16(3)4)31-15-18-10-8-9-11-22(18)30-17(5)27/h8-14,16H,6-7,15H2,1-5H3. The largest absolute Gasteiger partial charge is 0.426 e. The molecule has 32 heavy (non-hydrogen) atoms. The van der Waals surface area contributed by atoms with Crippen LogP contribution in [0.3, 0.4) is 0 Å². The van der Waals surface area contributed by atoms with Crippen molar-refractivity contribution in [3.8, 4) is 5.75 Å². The first-order valence-electron chi connectivity index (χ1n) is 10.6. The Balaban J connectivity index is 1.98. The maximum atomic E-state index is 12.9. The second kappa shape index (κ2) is 10.1. The fourth-order valence-corrected chi connectivity index (χ4v) is 6.16. The van der Waals surface area contributed by atoms with Crippen LogP contribution in [0.25, 0.3) is 11.0 Å². The van der Waals surface area contributed by atoms with Gasteiger partial charge in [0.25, 0.3) is 0 Å². The Morgan fingerprint density at radius 1 is 1.16 bits per heavy atom. The number of hydrogen-bond donors (Lipinski definition) is 0. The van der Waals surface area contributed by atoms with E-state index >= 15 is 0 Å². The molecule has 0 bridgehead atoms. The number of esters is 1. The molecule has 7 nitrogen and oxygen atoms in total. The van der Waals surface area contributed by atoms with Crippen LogP contribution in [0.4, 0.5) is 0 Å². The molecule has 0 unspecified atom stereocenters. The summed E-state index contributed by atoms with van der Waals surface area (Å²) in [6.07, 6.45) is 0. The maximum absolute atomic E-state index is 12.9. The molecule has 1 aromatic heterocycles.